The molecule has 0 aliphatic heterocycles. The van der Waals surface area contributed by atoms with Crippen LogP contribution in [0.25, 0.3) is 0 Å². The molecule has 1 N–H and O–H groups in total. The minimum Gasteiger partial charge on any atom is -0.467 e. The molecule has 0 spiro atoms. The lowest BCUT2D eigenvalue weighted by atomic mass is 9.68. The normalized spacial score (nSPS) is 13.2. The molecule has 0 bridgehead atoms. The van der Waals surface area contributed by atoms with Crippen molar-refractivity contribution < 1.29 is 9.52 Å². The van der Waals surface area contributed by atoms with Gasteiger partial charge in [0.05, 0.1) is 6.26 Å². The second-order valence-electron chi connectivity index (χ2n) is 6.15. The van der Waals surface area contributed by atoms with E-state index in [0.29, 0.717) is 5.76 Å². The Morgan fingerprint density at radius 1 is 0.955 bits per heavy atom. The standard InChI is InChI=1S/C20H28O2/c1-3-5-14-20(15-6-4-2,17-11-8-7-9-12-17)19(21)18-13-10-16-22-18/h7-13,16,19,21H,3-6,14-15H2,1-2H3. The van der Waals surface area contributed by atoms with E-state index in [1.54, 1.807) is 6.26 Å². The summed E-state index contributed by atoms with van der Waals surface area (Å²) in [5.74, 6) is 0.677. The van der Waals surface area contributed by atoms with Gasteiger partial charge in [-0.05, 0) is 30.5 Å². The molecule has 22 heavy (non-hydrogen) atoms. The van der Waals surface area contributed by atoms with Gasteiger partial charge in [-0.1, -0.05) is 69.9 Å². The fraction of sp³-hybridized carbons (Fsp3) is 0.500. The number of unbranched alkanes of at least 4 members (excludes halogenated alkanes) is 2. The van der Waals surface area contributed by atoms with Gasteiger partial charge in [-0.25, -0.2) is 0 Å². The number of aliphatic hydroxyl groups is 1. The second-order valence-corrected chi connectivity index (χ2v) is 6.15. The average molecular weight is 300 g/mol. The zero-order valence-electron chi connectivity index (χ0n) is 13.8. The Morgan fingerprint density at radius 2 is 1.59 bits per heavy atom. The molecule has 1 heterocycles. The van der Waals surface area contributed by atoms with E-state index in [-0.39, 0.29) is 5.41 Å². The van der Waals surface area contributed by atoms with Crippen molar-refractivity contribution in [1.82, 2.24) is 0 Å². The Balaban J connectivity index is 2.43. The molecule has 0 aliphatic rings. The Morgan fingerprint density at radius 3 is 2.09 bits per heavy atom. The lowest BCUT2D eigenvalue weighted by Crippen LogP contribution is -2.34. The number of benzene rings is 1. The molecule has 2 heteroatoms. The number of hydrogen-bond acceptors (Lipinski definition) is 2. The van der Waals surface area contributed by atoms with E-state index >= 15 is 0 Å². The molecule has 0 fully saturated rings. The van der Waals surface area contributed by atoms with Crippen LogP contribution in [-0.4, -0.2) is 5.11 Å². The van der Waals surface area contributed by atoms with Gasteiger partial charge in [-0.15, -0.1) is 0 Å². The van der Waals surface area contributed by atoms with E-state index in [1.807, 2.05) is 18.2 Å². The third-order valence-electron chi connectivity index (χ3n) is 4.64. The first-order chi connectivity index (χ1) is 10.7. The topological polar surface area (TPSA) is 33.4 Å². The molecule has 2 aromatic rings. The molecule has 1 aromatic heterocycles. The monoisotopic (exact) mass is 300 g/mol. The van der Waals surface area contributed by atoms with Gasteiger partial charge in [-0.2, -0.15) is 0 Å². The molecule has 1 aromatic carbocycles. The fourth-order valence-corrected chi connectivity index (χ4v) is 3.32. The Bertz CT molecular complexity index is 508. The van der Waals surface area contributed by atoms with Gasteiger partial charge >= 0.3 is 0 Å². The van der Waals surface area contributed by atoms with Gasteiger partial charge in [0.25, 0.3) is 0 Å². The summed E-state index contributed by atoms with van der Waals surface area (Å²) in [7, 11) is 0. The lowest BCUT2D eigenvalue weighted by Gasteiger charge is -2.38. The molecule has 0 radical (unpaired) electrons. The van der Waals surface area contributed by atoms with Crippen molar-refractivity contribution in [1.29, 1.82) is 0 Å². The van der Waals surface area contributed by atoms with Crippen LogP contribution in [-0.2, 0) is 5.41 Å². The van der Waals surface area contributed by atoms with E-state index in [0.717, 1.165) is 38.5 Å². The first-order valence-corrected chi connectivity index (χ1v) is 8.51. The van der Waals surface area contributed by atoms with Crippen LogP contribution in [0.1, 0.15) is 69.8 Å². The Hall–Kier alpha value is -1.54. The van der Waals surface area contributed by atoms with E-state index < -0.39 is 6.10 Å². The van der Waals surface area contributed by atoms with Crippen LogP contribution in [0.4, 0.5) is 0 Å². The summed E-state index contributed by atoms with van der Waals surface area (Å²) < 4.78 is 5.53. The summed E-state index contributed by atoms with van der Waals surface area (Å²) in [5, 5.41) is 11.1. The van der Waals surface area contributed by atoms with Crippen LogP contribution < -0.4 is 0 Å². The van der Waals surface area contributed by atoms with Crippen LogP contribution in [0.2, 0.25) is 0 Å². The summed E-state index contributed by atoms with van der Waals surface area (Å²) in [6.45, 7) is 4.41. The number of rotatable bonds is 9. The summed E-state index contributed by atoms with van der Waals surface area (Å²) >= 11 is 0. The van der Waals surface area contributed by atoms with Gasteiger partial charge in [0, 0.05) is 5.41 Å². The van der Waals surface area contributed by atoms with Crippen molar-refractivity contribution in [2.75, 3.05) is 0 Å². The van der Waals surface area contributed by atoms with Crippen molar-refractivity contribution in [2.24, 2.45) is 0 Å². The molecular formula is C20H28O2. The van der Waals surface area contributed by atoms with E-state index in [1.165, 1.54) is 5.56 Å². The summed E-state index contributed by atoms with van der Waals surface area (Å²) in [5.41, 5.74) is 0.964. The minimum absolute atomic E-state index is 0.259. The van der Waals surface area contributed by atoms with Crippen LogP contribution in [0.3, 0.4) is 0 Å². The highest BCUT2D eigenvalue weighted by atomic mass is 16.4. The largest absolute Gasteiger partial charge is 0.467 e. The Kier molecular flexibility index (Phi) is 6.26. The minimum atomic E-state index is -0.594. The van der Waals surface area contributed by atoms with Crippen molar-refractivity contribution >= 4 is 0 Å². The number of aliphatic hydroxyl groups excluding tert-OH is 1. The van der Waals surface area contributed by atoms with Crippen LogP contribution in [0.15, 0.2) is 53.1 Å². The second kappa shape index (κ2) is 8.19. The van der Waals surface area contributed by atoms with Gasteiger partial charge in [0.15, 0.2) is 0 Å². The fourth-order valence-electron chi connectivity index (χ4n) is 3.32. The first kappa shape index (κ1) is 16.8. The van der Waals surface area contributed by atoms with Crippen molar-refractivity contribution in [3.8, 4) is 0 Å². The summed E-state index contributed by atoms with van der Waals surface area (Å²) in [6.07, 6.45) is 7.49. The van der Waals surface area contributed by atoms with Gasteiger partial charge < -0.3 is 9.52 Å². The zero-order valence-corrected chi connectivity index (χ0v) is 13.8. The molecule has 2 rings (SSSR count). The zero-order chi connectivity index (χ0) is 15.8. The molecule has 1 atom stereocenters. The number of furan rings is 1. The molecule has 120 valence electrons. The predicted octanol–water partition coefficient (Wildman–Crippen LogP) is 5.63. The van der Waals surface area contributed by atoms with Gasteiger partial charge in [0.2, 0.25) is 0 Å². The molecule has 0 aliphatic carbocycles. The third kappa shape index (κ3) is 3.61. The molecule has 2 nitrogen and oxygen atoms in total. The highest BCUT2D eigenvalue weighted by molar-refractivity contribution is 5.29. The summed E-state index contributed by atoms with van der Waals surface area (Å²) in [6, 6.07) is 14.2. The van der Waals surface area contributed by atoms with Crippen molar-refractivity contribution in [3.63, 3.8) is 0 Å². The highest BCUT2D eigenvalue weighted by Gasteiger charge is 2.40. The molecule has 0 saturated carbocycles. The average Bonchev–Trinajstić information content (AvgIpc) is 3.10. The lowest BCUT2D eigenvalue weighted by molar-refractivity contribution is 0.0450. The van der Waals surface area contributed by atoms with Crippen molar-refractivity contribution in [2.45, 2.75) is 63.9 Å². The first-order valence-electron chi connectivity index (χ1n) is 8.51. The highest BCUT2D eigenvalue weighted by Crippen LogP contribution is 2.45. The van der Waals surface area contributed by atoms with Crippen LogP contribution >= 0.6 is 0 Å². The smallest absolute Gasteiger partial charge is 0.133 e. The predicted molar refractivity (Wildman–Crippen MR) is 90.8 cm³/mol. The maximum absolute atomic E-state index is 11.1. The SMILES string of the molecule is CCCCC(CCCC)(c1ccccc1)C(O)c1ccco1. The maximum atomic E-state index is 11.1. The van der Waals surface area contributed by atoms with Gasteiger partial charge in [0.1, 0.15) is 11.9 Å². The number of hydrogen-bond donors (Lipinski definition) is 1. The van der Waals surface area contributed by atoms with Crippen LogP contribution in [0.5, 0.6) is 0 Å². The van der Waals surface area contributed by atoms with Crippen molar-refractivity contribution in [3.05, 3.63) is 60.1 Å². The third-order valence-corrected chi connectivity index (χ3v) is 4.64. The molecule has 1 unspecified atom stereocenters. The van der Waals surface area contributed by atoms with Crippen LogP contribution in [0, 0.1) is 0 Å². The summed E-state index contributed by atoms with van der Waals surface area (Å²) in [4.78, 5) is 0. The molecule has 0 saturated heterocycles. The van der Waals surface area contributed by atoms with E-state index in [2.05, 4.69) is 38.1 Å². The van der Waals surface area contributed by atoms with Gasteiger partial charge in [-0.3, -0.25) is 0 Å². The molecular weight excluding hydrogens is 272 g/mol. The Labute approximate surface area is 134 Å². The maximum Gasteiger partial charge on any atom is 0.133 e. The quantitative estimate of drug-likeness (QED) is 0.651. The van der Waals surface area contributed by atoms with E-state index in [9.17, 15) is 5.11 Å². The van der Waals surface area contributed by atoms with E-state index in [4.69, 9.17) is 4.42 Å². The molecule has 0 amide bonds.